The number of fused-ring (bicyclic) bond motifs is 1. The minimum Gasteiger partial charge on any atom is -0.371 e. The number of aromatic nitrogens is 4. The number of benzene rings is 2. The maximum absolute atomic E-state index is 3.99. The molecule has 2 aliphatic heterocycles. The molecule has 0 spiro atoms. The molecule has 0 radical (unpaired) electrons. The van der Waals surface area contributed by atoms with Crippen molar-refractivity contribution in [1.29, 1.82) is 0 Å². The van der Waals surface area contributed by atoms with Crippen LogP contribution in [0.15, 0.2) is 54.9 Å². The van der Waals surface area contributed by atoms with Gasteiger partial charge in [-0.25, -0.2) is 4.68 Å². The van der Waals surface area contributed by atoms with E-state index in [0.29, 0.717) is 6.04 Å². The zero-order valence-electron chi connectivity index (χ0n) is 15.4. The molecule has 0 aliphatic carbocycles. The van der Waals surface area contributed by atoms with E-state index in [1.54, 1.807) is 11.0 Å². The van der Waals surface area contributed by atoms with Crippen LogP contribution in [0.2, 0.25) is 0 Å². The van der Waals surface area contributed by atoms with Gasteiger partial charge in [0.2, 0.25) is 0 Å². The third kappa shape index (κ3) is 3.32. The van der Waals surface area contributed by atoms with Gasteiger partial charge >= 0.3 is 0 Å². The molecule has 6 heteroatoms. The summed E-state index contributed by atoms with van der Waals surface area (Å²) in [4.78, 5) is 5.18. The van der Waals surface area contributed by atoms with Crippen molar-refractivity contribution in [3.05, 3.63) is 66.0 Å². The Bertz CT molecular complexity index is 899. The van der Waals surface area contributed by atoms with Gasteiger partial charge in [0.25, 0.3) is 0 Å². The standard InChI is InChI=1S/C21H24N6/c1-2-5-18-15-26(11-8-17(18)4-1)19-9-12-25(13-10-19)20-6-3-7-21(14-20)27-16-22-23-24-27/h1-7,14,16,19H,8-13,15H2. The van der Waals surface area contributed by atoms with Crippen molar-refractivity contribution in [2.45, 2.75) is 31.8 Å². The highest BCUT2D eigenvalue weighted by molar-refractivity contribution is 5.53. The highest BCUT2D eigenvalue weighted by atomic mass is 15.5. The summed E-state index contributed by atoms with van der Waals surface area (Å²) < 4.78 is 1.71. The largest absolute Gasteiger partial charge is 0.371 e. The smallest absolute Gasteiger partial charge is 0.143 e. The molecule has 1 saturated heterocycles. The quantitative estimate of drug-likeness (QED) is 0.719. The summed E-state index contributed by atoms with van der Waals surface area (Å²) in [5, 5.41) is 11.5. The van der Waals surface area contributed by atoms with Crippen LogP contribution in [0.4, 0.5) is 5.69 Å². The normalized spacial score (nSPS) is 18.4. The molecule has 0 unspecified atom stereocenters. The highest BCUT2D eigenvalue weighted by Crippen LogP contribution is 2.27. The van der Waals surface area contributed by atoms with Crippen LogP contribution in [-0.2, 0) is 13.0 Å². The van der Waals surface area contributed by atoms with Crippen molar-refractivity contribution >= 4 is 5.69 Å². The average Bonchev–Trinajstić information content (AvgIpc) is 3.29. The number of rotatable bonds is 3. The Hall–Kier alpha value is -2.73. The Kier molecular flexibility index (Phi) is 4.33. The first-order valence-corrected chi connectivity index (χ1v) is 9.76. The lowest BCUT2D eigenvalue weighted by Gasteiger charge is -2.41. The van der Waals surface area contributed by atoms with Gasteiger partial charge in [0, 0.05) is 37.9 Å². The lowest BCUT2D eigenvalue weighted by molar-refractivity contribution is 0.153. The van der Waals surface area contributed by atoms with Gasteiger partial charge in [0.05, 0.1) is 5.69 Å². The predicted octanol–water partition coefficient (Wildman–Crippen LogP) is 2.69. The van der Waals surface area contributed by atoms with Gasteiger partial charge in [-0.2, -0.15) is 0 Å². The Morgan fingerprint density at radius 1 is 0.852 bits per heavy atom. The van der Waals surface area contributed by atoms with E-state index in [0.717, 1.165) is 25.3 Å². The fourth-order valence-electron chi connectivity index (χ4n) is 4.43. The van der Waals surface area contributed by atoms with Crippen molar-refractivity contribution in [3.8, 4) is 5.69 Å². The monoisotopic (exact) mass is 360 g/mol. The van der Waals surface area contributed by atoms with Crippen LogP contribution in [0.3, 0.4) is 0 Å². The summed E-state index contributed by atoms with van der Waals surface area (Å²) in [5.74, 6) is 0. The van der Waals surface area contributed by atoms with Crippen LogP contribution in [0.5, 0.6) is 0 Å². The molecule has 2 aromatic carbocycles. The molecule has 1 fully saturated rings. The van der Waals surface area contributed by atoms with Crippen molar-refractivity contribution in [2.24, 2.45) is 0 Å². The van der Waals surface area contributed by atoms with Crippen LogP contribution in [0, 0.1) is 0 Å². The number of piperidine rings is 1. The van der Waals surface area contributed by atoms with Gasteiger partial charge in [0.15, 0.2) is 0 Å². The molecule has 138 valence electrons. The summed E-state index contributed by atoms with van der Waals surface area (Å²) in [5.41, 5.74) is 5.31. The first-order valence-electron chi connectivity index (χ1n) is 9.76. The first kappa shape index (κ1) is 16.4. The van der Waals surface area contributed by atoms with Gasteiger partial charge in [-0.05, 0) is 59.0 Å². The van der Waals surface area contributed by atoms with Crippen molar-refractivity contribution in [2.75, 3.05) is 24.5 Å². The fraction of sp³-hybridized carbons (Fsp3) is 0.381. The summed E-state index contributed by atoms with van der Waals surface area (Å²) in [6.07, 6.45) is 5.26. The molecule has 27 heavy (non-hydrogen) atoms. The third-order valence-corrected chi connectivity index (χ3v) is 5.95. The van der Waals surface area contributed by atoms with Crippen LogP contribution in [0.25, 0.3) is 5.69 Å². The molecule has 6 nitrogen and oxygen atoms in total. The average molecular weight is 360 g/mol. The van der Waals surface area contributed by atoms with E-state index >= 15 is 0 Å². The van der Waals surface area contributed by atoms with Gasteiger partial charge in [0.1, 0.15) is 6.33 Å². The van der Waals surface area contributed by atoms with Gasteiger partial charge < -0.3 is 4.90 Å². The van der Waals surface area contributed by atoms with Crippen molar-refractivity contribution in [3.63, 3.8) is 0 Å². The minimum absolute atomic E-state index is 0.692. The number of nitrogens with zero attached hydrogens (tertiary/aromatic N) is 6. The third-order valence-electron chi connectivity index (χ3n) is 5.95. The number of hydrogen-bond donors (Lipinski definition) is 0. The molecule has 0 saturated carbocycles. The first-order chi connectivity index (χ1) is 13.4. The fourth-order valence-corrected chi connectivity index (χ4v) is 4.43. The van der Waals surface area contributed by atoms with Crippen LogP contribution < -0.4 is 4.90 Å². The van der Waals surface area contributed by atoms with E-state index in [9.17, 15) is 0 Å². The lowest BCUT2D eigenvalue weighted by atomic mass is 9.95. The van der Waals surface area contributed by atoms with E-state index in [4.69, 9.17) is 0 Å². The molecule has 1 aromatic heterocycles. The van der Waals surface area contributed by atoms with E-state index in [2.05, 4.69) is 67.8 Å². The SMILES string of the molecule is c1cc(N2CCC(N3CCc4ccccc4C3)CC2)cc(-n2cnnn2)c1. The lowest BCUT2D eigenvalue weighted by Crippen LogP contribution is -2.46. The Morgan fingerprint density at radius 3 is 2.48 bits per heavy atom. The van der Waals surface area contributed by atoms with Gasteiger partial charge in [-0.15, -0.1) is 5.10 Å². The minimum atomic E-state index is 0.692. The molecular formula is C21H24N6. The maximum Gasteiger partial charge on any atom is 0.143 e. The zero-order valence-corrected chi connectivity index (χ0v) is 15.4. The Labute approximate surface area is 159 Å². The Balaban J connectivity index is 1.24. The molecule has 3 heterocycles. The molecule has 0 atom stereocenters. The predicted molar refractivity (Wildman–Crippen MR) is 105 cm³/mol. The second kappa shape index (κ2) is 7.12. The number of anilines is 1. The van der Waals surface area contributed by atoms with E-state index < -0.39 is 0 Å². The summed E-state index contributed by atoms with van der Waals surface area (Å²) in [6, 6.07) is 18.1. The summed E-state index contributed by atoms with van der Waals surface area (Å²) in [7, 11) is 0. The number of hydrogen-bond acceptors (Lipinski definition) is 5. The van der Waals surface area contributed by atoms with Gasteiger partial charge in [-0.3, -0.25) is 4.90 Å². The Morgan fingerprint density at radius 2 is 1.67 bits per heavy atom. The molecule has 3 aromatic rings. The second-order valence-electron chi connectivity index (χ2n) is 7.48. The topological polar surface area (TPSA) is 50.1 Å². The molecule has 5 rings (SSSR count). The second-order valence-corrected chi connectivity index (χ2v) is 7.48. The van der Waals surface area contributed by atoms with Crippen LogP contribution >= 0.6 is 0 Å². The number of tetrazole rings is 1. The van der Waals surface area contributed by atoms with Crippen molar-refractivity contribution in [1.82, 2.24) is 25.1 Å². The molecule has 0 amide bonds. The van der Waals surface area contributed by atoms with Crippen molar-refractivity contribution < 1.29 is 0 Å². The van der Waals surface area contributed by atoms with Crippen LogP contribution in [-0.4, -0.2) is 50.8 Å². The summed E-state index contributed by atoms with van der Waals surface area (Å²) in [6.45, 7) is 4.50. The van der Waals surface area contributed by atoms with Crippen LogP contribution in [0.1, 0.15) is 24.0 Å². The maximum atomic E-state index is 3.99. The van der Waals surface area contributed by atoms with E-state index in [1.807, 2.05) is 6.07 Å². The van der Waals surface area contributed by atoms with Gasteiger partial charge in [-0.1, -0.05) is 30.3 Å². The molecular weight excluding hydrogens is 336 g/mol. The zero-order chi connectivity index (χ0) is 18.1. The molecule has 0 bridgehead atoms. The summed E-state index contributed by atoms with van der Waals surface area (Å²) >= 11 is 0. The molecule has 0 N–H and O–H groups in total. The van der Waals surface area contributed by atoms with E-state index in [1.165, 1.54) is 42.6 Å². The highest BCUT2D eigenvalue weighted by Gasteiger charge is 2.27. The molecule has 2 aliphatic rings. The van der Waals surface area contributed by atoms with E-state index in [-0.39, 0.29) is 0 Å².